The highest BCUT2D eigenvalue weighted by molar-refractivity contribution is 7.91. The van der Waals surface area contributed by atoms with Gasteiger partial charge >= 0.3 is 0 Å². The Labute approximate surface area is 189 Å². The summed E-state index contributed by atoms with van der Waals surface area (Å²) in [4.78, 5) is 21.2. The molecule has 3 aromatic rings. The predicted molar refractivity (Wildman–Crippen MR) is 126 cm³/mol. The first kappa shape index (κ1) is 21.2. The van der Waals surface area contributed by atoms with Crippen LogP contribution in [0.25, 0.3) is 10.9 Å². The lowest BCUT2D eigenvalue weighted by molar-refractivity contribution is -0.138. The molecule has 7 heteroatoms. The van der Waals surface area contributed by atoms with E-state index in [2.05, 4.69) is 29.2 Å². The summed E-state index contributed by atoms with van der Waals surface area (Å²) in [5, 5.41) is 1.23. The molecule has 0 saturated carbocycles. The molecule has 0 spiro atoms. The van der Waals surface area contributed by atoms with Crippen LogP contribution in [-0.4, -0.2) is 66.8 Å². The average Bonchev–Trinajstić information content (AvgIpc) is 3.25. The van der Waals surface area contributed by atoms with Crippen molar-refractivity contribution in [1.29, 1.82) is 0 Å². The van der Waals surface area contributed by atoms with Gasteiger partial charge in [0.25, 0.3) is 0 Å². The summed E-state index contributed by atoms with van der Waals surface area (Å²) in [6, 6.07) is 19.9. The molecule has 2 saturated heterocycles. The number of benzene rings is 2. The number of H-pyrrole nitrogens is 1. The Morgan fingerprint density at radius 2 is 1.56 bits per heavy atom. The summed E-state index contributed by atoms with van der Waals surface area (Å²) in [5.41, 5.74) is 3.35. The SMILES string of the molecule is O=C(C(c1ccccc1)N1CCS(=O)(=O)CC1)N1CCC(c2cc3ccccc3[nH]2)CC1. The molecule has 2 aromatic carbocycles. The first-order chi connectivity index (χ1) is 15.5. The Morgan fingerprint density at radius 3 is 2.25 bits per heavy atom. The molecule has 1 atom stereocenters. The highest BCUT2D eigenvalue weighted by Gasteiger charge is 2.36. The third-order valence-electron chi connectivity index (χ3n) is 6.89. The van der Waals surface area contributed by atoms with Crippen molar-refractivity contribution in [2.24, 2.45) is 0 Å². The van der Waals surface area contributed by atoms with Crippen molar-refractivity contribution in [2.45, 2.75) is 24.8 Å². The lowest BCUT2D eigenvalue weighted by Crippen LogP contribution is -2.50. The maximum atomic E-state index is 13.7. The zero-order chi connectivity index (χ0) is 22.1. The molecule has 0 radical (unpaired) electrons. The van der Waals surface area contributed by atoms with Crippen LogP contribution in [0.5, 0.6) is 0 Å². The molecule has 1 unspecified atom stereocenters. The number of nitrogens with one attached hydrogen (secondary N) is 1. The van der Waals surface area contributed by atoms with Crippen LogP contribution in [0.1, 0.15) is 36.1 Å². The maximum Gasteiger partial charge on any atom is 0.244 e. The lowest BCUT2D eigenvalue weighted by Gasteiger charge is -2.39. The second kappa shape index (κ2) is 8.71. The molecular weight excluding hydrogens is 422 g/mol. The molecule has 6 nitrogen and oxygen atoms in total. The fourth-order valence-corrected chi connectivity index (χ4v) is 6.26. The normalized spacial score (nSPS) is 20.9. The Kier molecular flexibility index (Phi) is 5.78. The molecule has 2 aliphatic heterocycles. The Balaban J connectivity index is 1.31. The van der Waals surface area contributed by atoms with Gasteiger partial charge in [0.05, 0.1) is 11.5 Å². The van der Waals surface area contributed by atoms with Crippen LogP contribution in [0, 0.1) is 0 Å². The first-order valence-electron chi connectivity index (χ1n) is 11.4. The highest BCUT2D eigenvalue weighted by atomic mass is 32.2. The van der Waals surface area contributed by atoms with Crippen LogP contribution in [0.15, 0.2) is 60.7 Å². The highest BCUT2D eigenvalue weighted by Crippen LogP contribution is 2.32. The quantitative estimate of drug-likeness (QED) is 0.660. The molecule has 0 aliphatic carbocycles. The fraction of sp³-hybridized carbons (Fsp3) is 0.400. The molecule has 1 aromatic heterocycles. The van der Waals surface area contributed by atoms with Crippen molar-refractivity contribution in [3.8, 4) is 0 Å². The molecular formula is C25H29N3O3S. The average molecular weight is 452 g/mol. The van der Waals surface area contributed by atoms with Gasteiger partial charge in [-0.05, 0) is 35.9 Å². The summed E-state index contributed by atoms with van der Waals surface area (Å²) in [7, 11) is -3.00. The molecule has 32 heavy (non-hydrogen) atoms. The van der Waals surface area contributed by atoms with Crippen LogP contribution >= 0.6 is 0 Å². The minimum absolute atomic E-state index is 0.0885. The molecule has 2 fully saturated rings. The monoisotopic (exact) mass is 451 g/mol. The second-order valence-electron chi connectivity index (χ2n) is 8.91. The zero-order valence-corrected chi connectivity index (χ0v) is 18.9. The molecule has 1 N–H and O–H groups in total. The Bertz CT molecular complexity index is 1150. The number of likely N-dealkylation sites (tertiary alicyclic amines) is 1. The number of fused-ring (bicyclic) bond motifs is 1. The minimum Gasteiger partial charge on any atom is -0.358 e. The molecule has 5 rings (SSSR count). The standard InChI is InChI=1S/C25H29N3O3S/c29-25(24(20-6-2-1-3-7-20)27-14-16-32(30,31)17-15-27)28-12-10-19(11-13-28)23-18-21-8-4-5-9-22(21)26-23/h1-9,18-19,24,26H,10-17H2. The number of hydrogen-bond donors (Lipinski definition) is 1. The van der Waals surface area contributed by atoms with Crippen molar-refractivity contribution < 1.29 is 13.2 Å². The molecule has 3 heterocycles. The van der Waals surface area contributed by atoms with Gasteiger partial charge in [0, 0.05) is 43.3 Å². The number of nitrogens with zero attached hydrogens (tertiary/aromatic N) is 2. The first-order valence-corrected chi connectivity index (χ1v) is 13.2. The van der Waals surface area contributed by atoms with Crippen LogP contribution in [0.2, 0.25) is 0 Å². The topological polar surface area (TPSA) is 73.5 Å². The summed E-state index contributed by atoms with van der Waals surface area (Å²) in [6.45, 7) is 2.24. The van der Waals surface area contributed by atoms with E-state index < -0.39 is 15.9 Å². The van der Waals surface area contributed by atoms with Crippen LogP contribution in [0.4, 0.5) is 0 Å². The summed E-state index contributed by atoms with van der Waals surface area (Å²) >= 11 is 0. The van der Waals surface area contributed by atoms with Crippen LogP contribution in [-0.2, 0) is 14.6 Å². The van der Waals surface area contributed by atoms with Gasteiger partial charge < -0.3 is 9.88 Å². The summed E-state index contributed by atoms with van der Waals surface area (Å²) < 4.78 is 23.9. The van der Waals surface area contributed by atoms with Gasteiger partial charge in [0.2, 0.25) is 5.91 Å². The number of piperidine rings is 1. The van der Waals surface area contributed by atoms with Gasteiger partial charge in [-0.25, -0.2) is 8.42 Å². The van der Waals surface area contributed by atoms with Gasteiger partial charge in [-0.15, -0.1) is 0 Å². The molecule has 168 valence electrons. The van der Waals surface area contributed by atoms with E-state index in [1.165, 1.54) is 11.1 Å². The molecule has 0 bridgehead atoms. The van der Waals surface area contributed by atoms with Crippen LogP contribution < -0.4 is 0 Å². The Morgan fingerprint density at radius 1 is 0.906 bits per heavy atom. The van der Waals surface area contributed by atoms with E-state index in [-0.39, 0.29) is 17.4 Å². The number of para-hydroxylation sites is 1. The number of hydrogen-bond acceptors (Lipinski definition) is 4. The number of rotatable bonds is 4. The van der Waals surface area contributed by atoms with Gasteiger partial charge in [-0.2, -0.15) is 0 Å². The maximum absolute atomic E-state index is 13.7. The Hall–Kier alpha value is -2.64. The zero-order valence-electron chi connectivity index (χ0n) is 18.1. The number of carbonyl (C=O) groups excluding carboxylic acids is 1. The third-order valence-corrected chi connectivity index (χ3v) is 8.50. The van der Waals surface area contributed by atoms with E-state index in [9.17, 15) is 13.2 Å². The lowest BCUT2D eigenvalue weighted by atomic mass is 9.92. The van der Waals surface area contributed by atoms with E-state index in [1.54, 1.807) is 0 Å². The molecule has 1 amide bonds. The van der Waals surface area contributed by atoms with Crippen LogP contribution in [0.3, 0.4) is 0 Å². The number of amides is 1. The van der Waals surface area contributed by atoms with E-state index in [4.69, 9.17) is 0 Å². The van der Waals surface area contributed by atoms with Crippen molar-refractivity contribution in [1.82, 2.24) is 14.8 Å². The fourth-order valence-electron chi connectivity index (χ4n) is 5.03. The van der Waals surface area contributed by atoms with E-state index in [0.29, 0.717) is 32.1 Å². The van der Waals surface area contributed by atoms with Gasteiger partial charge in [-0.3, -0.25) is 9.69 Å². The third kappa shape index (κ3) is 4.32. The van der Waals surface area contributed by atoms with E-state index in [0.717, 1.165) is 23.9 Å². The second-order valence-corrected chi connectivity index (χ2v) is 11.2. The summed E-state index contributed by atoms with van der Waals surface area (Å²) in [5.74, 6) is 0.741. The minimum atomic E-state index is -3.00. The number of aromatic amines is 1. The number of aromatic nitrogens is 1. The van der Waals surface area contributed by atoms with E-state index >= 15 is 0 Å². The number of sulfone groups is 1. The predicted octanol–water partition coefficient (Wildman–Crippen LogP) is 3.35. The smallest absolute Gasteiger partial charge is 0.244 e. The van der Waals surface area contributed by atoms with Gasteiger partial charge in [0.1, 0.15) is 6.04 Å². The molecule has 2 aliphatic rings. The largest absolute Gasteiger partial charge is 0.358 e. The summed E-state index contributed by atoms with van der Waals surface area (Å²) in [6.07, 6.45) is 1.85. The van der Waals surface area contributed by atoms with Crippen molar-refractivity contribution in [3.63, 3.8) is 0 Å². The number of carbonyl (C=O) groups is 1. The van der Waals surface area contributed by atoms with Crippen molar-refractivity contribution >= 4 is 26.6 Å². The van der Waals surface area contributed by atoms with Crippen molar-refractivity contribution in [2.75, 3.05) is 37.7 Å². The van der Waals surface area contributed by atoms with E-state index in [1.807, 2.05) is 46.2 Å². The van der Waals surface area contributed by atoms with Crippen molar-refractivity contribution in [3.05, 3.63) is 71.9 Å². The van der Waals surface area contributed by atoms with Gasteiger partial charge in [0.15, 0.2) is 9.84 Å². The van der Waals surface area contributed by atoms with Gasteiger partial charge in [-0.1, -0.05) is 48.5 Å².